The number of hydrogen-bond donors (Lipinski definition) is 0. The Morgan fingerprint density at radius 2 is 1.43 bits per heavy atom. The smallest absolute Gasteiger partial charge is 0.124 e. The Bertz CT molecular complexity index is 309. The normalized spacial score (nSPS) is 11.6. The van der Waals surface area contributed by atoms with E-state index in [1.807, 2.05) is 0 Å². The Morgan fingerprint density at radius 1 is 1.00 bits per heavy atom. The van der Waals surface area contributed by atoms with Crippen LogP contribution in [0, 0.1) is 13.8 Å². The first-order valence-electron chi connectivity index (χ1n) is 5.02. The zero-order valence-corrected chi connectivity index (χ0v) is 10.1. The molecule has 0 bridgehead atoms. The predicted molar refractivity (Wildman–Crippen MR) is 61.2 cm³/mol. The van der Waals surface area contributed by atoms with Crippen molar-refractivity contribution in [3.8, 4) is 5.75 Å². The van der Waals surface area contributed by atoms with Crippen molar-refractivity contribution in [1.29, 1.82) is 0 Å². The molecular weight excluding hydrogens is 172 g/mol. The van der Waals surface area contributed by atoms with Gasteiger partial charge in [-0.25, -0.2) is 0 Å². The summed E-state index contributed by atoms with van der Waals surface area (Å²) in [5, 5.41) is 0. The van der Waals surface area contributed by atoms with Crippen molar-refractivity contribution in [3.63, 3.8) is 0 Å². The summed E-state index contributed by atoms with van der Waals surface area (Å²) >= 11 is 0. The van der Waals surface area contributed by atoms with Gasteiger partial charge in [0.15, 0.2) is 0 Å². The van der Waals surface area contributed by atoms with Gasteiger partial charge in [-0.2, -0.15) is 0 Å². The van der Waals surface area contributed by atoms with Crippen LogP contribution in [0.1, 0.15) is 37.5 Å². The summed E-state index contributed by atoms with van der Waals surface area (Å²) in [5.41, 5.74) is 4.02. The van der Waals surface area contributed by atoms with Gasteiger partial charge < -0.3 is 4.74 Å². The zero-order chi connectivity index (χ0) is 10.9. The van der Waals surface area contributed by atoms with Gasteiger partial charge >= 0.3 is 0 Å². The number of benzene rings is 1. The summed E-state index contributed by atoms with van der Waals surface area (Å²) in [6, 6.07) is 4.43. The number of rotatable bonds is 1. The summed E-state index contributed by atoms with van der Waals surface area (Å²) in [6.45, 7) is 10.9. The van der Waals surface area contributed by atoms with E-state index in [1.165, 1.54) is 16.7 Å². The third kappa shape index (κ3) is 2.09. The lowest BCUT2D eigenvalue weighted by Crippen LogP contribution is -2.12. The predicted octanol–water partition coefficient (Wildman–Crippen LogP) is 3.61. The van der Waals surface area contributed by atoms with Crippen LogP contribution in [0.5, 0.6) is 5.75 Å². The van der Waals surface area contributed by atoms with Gasteiger partial charge in [-0.3, -0.25) is 0 Å². The molecule has 1 nitrogen and oxygen atoms in total. The quantitative estimate of drug-likeness (QED) is 0.660. The number of aryl methyl sites for hydroxylation is 2. The highest BCUT2D eigenvalue weighted by Crippen LogP contribution is 2.30. The second-order valence-electron chi connectivity index (χ2n) is 4.89. The van der Waals surface area contributed by atoms with Crippen LogP contribution >= 0.6 is 0 Å². The van der Waals surface area contributed by atoms with Crippen LogP contribution in [0.15, 0.2) is 12.1 Å². The Kier molecular flexibility index (Phi) is 2.89. The summed E-state index contributed by atoms with van der Waals surface area (Å²) in [6.07, 6.45) is 0. The molecule has 1 rings (SSSR count). The van der Waals surface area contributed by atoms with Crippen molar-refractivity contribution in [1.82, 2.24) is 0 Å². The van der Waals surface area contributed by atoms with Crippen molar-refractivity contribution >= 4 is 0 Å². The fourth-order valence-electron chi connectivity index (χ4n) is 1.71. The molecule has 0 aliphatic carbocycles. The SMILES string of the molecule is COc1c(C)cc(C(C)(C)C)cc1C. The molecule has 1 aromatic carbocycles. The molecule has 0 atom stereocenters. The summed E-state index contributed by atoms with van der Waals surface area (Å²) < 4.78 is 5.34. The lowest BCUT2D eigenvalue weighted by Gasteiger charge is -2.21. The maximum absolute atomic E-state index is 5.34. The van der Waals surface area contributed by atoms with Gasteiger partial charge in [0.05, 0.1) is 7.11 Å². The molecule has 0 aliphatic rings. The Morgan fingerprint density at radius 3 is 1.71 bits per heavy atom. The molecule has 0 saturated heterocycles. The topological polar surface area (TPSA) is 9.23 Å². The number of methoxy groups -OCH3 is 1. The van der Waals surface area contributed by atoms with Crippen LogP contribution in [-0.4, -0.2) is 7.11 Å². The zero-order valence-electron chi connectivity index (χ0n) is 10.1. The Balaban J connectivity index is 3.28. The van der Waals surface area contributed by atoms with Crippen LogP contribution in [0.25, 0.3) is 0 Å². The molecule has 0 heterocycles. The van der Waals surface area contributed by atoms with Gasteiger partial charge in [0.25, 0.3) is 0 Å². The minimum atomic E-state index is 0.210. The monoisotopic (exact) mass is 192 g/mol. The third-order valence-electron chi connectivity index (χ3n) is 2.53. The van der Waals surface area contributed by atoms with Crippen molar-refractivity contribution in [2.45, 2.75) is 40.0 Å². The summed E-state index contributed by atoms with van der Waals surface area (Å²) in [7, 11) is 1.73. The van der Waals surface area contributed by atoms with Gasteiger partial charge in [0.2, 0.25) is 0 Å². The first-order valence-corrected chi connectivity index (χ1v) is 5.02. The second-order valence-corrected chi connectivity index (χ2v) is 4.89. The molecule has 0 aromatic heterocycles. The van der Waals surface area contributed by atoms with Gasteiger partial charge in [-0.15, -0.1) is 0 Å². The fraction of sp³-hybridized carbons (Fsp3) is 0.538. The van der Waals surface area contributed by atoms with Crippen LogP contribution < -0.4 is 4.74 Å². The molecule has 0 spiro atoms. The van der Waals surface area contributed by atoms with Crippen LogP contribution in [0.2, 0.25) is 0 Å². The fourth-order valence-corrected chi connectivity index (χ4v) is 1.71. The van der Waals surface area contributed by atoms with Gasteiger partial charge in [-0.05, 0) is 36.0 Å². The molecule has 0 aliphatic heterocycles. The van der Waals surface area contributed by atoms with E-state index in [0.717, 1.165) is 5.75 Å². The summed E-state index contributed by atoms with van der Waals surface area (Å²) in [5.74, 6) is 1.01. The van der Waals surface area contributed by atoms with E-state index >= 15 is 0 Å². The van der Waals surface area contributed by atoms with Crippen LogP contribution in [0.4, 0.5) is 0 Å². The van der Waals surface area contributed by atoms with E-state index < -0.39 is 0 Å². The van der Waals surface area contributed by atoms with Crippen molar-refractivity contribution in [3.05, 3.63) is 28.8 Å². The van der Waals surface area contributed by atoms with Crippen LogP contribution in [-0.2, 0) is 5.41 Å². The van der Waals surface area contributed by atoms with Crippen molar-refractivity contribution in [2.24, 2.45) is 0 Å². The molecule has 14 heavy (non-hydrogen) atoms. The van der Waals surface area contributed by atoms with E-state index in [-0.39, 0.29) is 5.41 Å². The Labute approximate surface area is 87.1 Å². The molecule has 78 valence electrons. The highest BCUT2D eigenvalue weighted by Gasteiger charge is 2.16. The minimum absolute atomic E-state index is 0.210. The molecule has 1 heteroatoms. The highest BCUT2D eigenvalue weighted by atomic mass is 16.5. The average molecular weight is 192 g/mol. The molecule has 0 saturated carbocycles. The molecule has 0 N–H and O–H groups in total. The number of ether oxygens (including phenoxy) is 1. The van der Waals surface area contributed by atoms with Gasteiger partial charge in [0.1, 0.15) is 5.75 Å². The molecular formula is C13H20O. The van der Waals surface area contributed by atoms with E-state index in [2.05, 4.69) is 46.8 Å². The third-order valence-corrected chi connectivity index (χ3v) is 2.53. The number of hydrogen-bond acceptors (Lipinski definition) is 1. The van der Waals surface area contributed by atoms with Gasteiger partial charge in [-0.1, -0.05) is 32.9 Å². The molecule has 1 aromatic rings. The largest absolute Gasteiger partial charge is 0.496 e. The average Bonchev–Trinajstić information content (AvgIpc) is 2.01. The first-order chi connectivity index (χ1) is 6.36. The maximum atomic E-state index is 5.34. The Hall–Kier alpha value is -0.980. The van der Waals surface area contributed by atoms with E-state index in [9.17, 15) is 0 Å². The van der Waals surface area contributed by atoms with E-state index in [1.54, 1.807) is 7.11 Å². The lowest BCUT2D eigenvalue weighted by molar-refractivity contribution is 0.408. The molecule has 0 fully saturated rings. The van der Waals surface area contributed by atoms with Crippen LogP contribution in [0.3, 0.4) is 0 Å². The molecule has 0 unspecified atom stereocenters. The van der Waals surface area contributed by atoms with Gasteiger partial charge in [0, 0.05) is 0 Å². The van der Waals surface area contributed by atoms with E-state index in [4.69, 9.17) is 4.74 Å². The standard InChI is InChI=1S/C13H20O/c1-9-7-11(13(3,4)5)8-10(2)12(9)14-6/h7-8H,1-6H3. The first kappa shape index (κ1) is 11.1. The molecule has 0 amide bonds. The second kappa shape index (κ2) is 3.64. The van der Waals surface area contributed by atoms with E-state index in [0.29, 0.717) is 0 Å². The maximum Gasteiger partial charge on any atom is 0.124 e. The van der Waals surface area contributed by atoms with Crippen molar-refractivity contribution < 1.29 is 4.74 Å². The minimum Gasteiger partial charge on any atom is -0.496 e. The lowest BCUT2D eigenvalue weighted by atomic mass is 9.85. The molecule has 0 radical (unpaired) electrons. The summed E-state index contributed by atoms with van der Waals surface area (Å²) in [4.78, 5) is 0. The van der Waals surface area contributed by atoms with Crippen molar-refractivity contribution in [2.75, 3.05) is 7.11 Å². The highest BCUT2D eigenvalue weighted by molar-refractivity contribution is 5.45.